The number of nitrogens with zero attached hydrogens (tertiary/aromatic N) is 2. The van der Waals surface area contributed by atoms with Crippen molar-refractivity contribution in [3.05, 3.63) is 0 Å². The summed E-state index contributed by atoms with van der Waals surface area (Å²) in [6.45, 7) is 2.86. The number of imide groups is 1. The Morgan fingerprint density at radius 1 is 1.27 bits per heavy atom. The maximum absolute atomic E-state index is 11.9. The lowest BCUT2D eigenvalue weighted by molar-refractivity contribution is -0.125. The predicted molar refractivity (Wildman–Crippen MR) is 56.4 cm³/mol. The van der Waals surface area contributed by atoms with Gasteiger partial charge in [0.05, 0.1) is 0 Å². The van der Waals surface area contributed by atoms with Crippen LogP contribution in [-0.2, 0) is 4.79 Å². The molecule has 1 aliphatic carbocycles. The van der Waals surface area contributed by atoms with Crippen LogP contribution in [0.15, 0.2) is 0 Å². The number of hydrogen-bond donors (Lipinski definition) is 0. The van der Waals surface area contributed by atoms with E-state index < -0.39 is 0 Å². The number of carbonyl (C=O) groups excluding carboxylic acids is 2. The van der Waals surface area contributed by atoms with Crippen molar-refractivity contribution in [1.29, 1.82) is 0 Å². The van der Waals surface area contributed by atoms with Crippen molar-refractivity contribution in [2.24, 2.45) is 0 Å². The van der Waals surface area contributed by atoms with E-state index in [1.807, 2.05) is 6.92 Å². The van der Waals surface area contributed by atoms with Gasteiger partial charge in [0.25, 0.3) is 0 Å². The molecule has 0 atom stereocenters. The van der Waals surface area contributed by atoms with E-state index >= 15 is 0 Å². The van der Waals surface area contributed by atoms with Crippen LogP contribution in [-0.4, -0.2) is 40.9 Å². The lowest BCUT2D eigenvalue weighted by Gasteiger charge is -2.22. The molecule has 0 aromatic carbocycles. The minimum atomic E-state index is -0.0613. The fraction of sp³-hybridized carbons (Fsp3) is 0.818. The maximum Gasteiger partial charge on any atom is 0.327 e. The molecule has 15 heavy (non-hydrogen) atoms. The Bertz CT molecular complexity index is 272. The molecule has 1 saturated heterocycles. The molecule has 0 bridgehead atoms. The average molecular weight is 210 g/mol. The largest absolute Gasteiger partial charge is 0.327 e. The van der Waals surface area contributed by atoms with E-state index in [9.17, 15) is 9.59 Å². The molecule has 1 aliphatic heterocycles. The van der Waals surface area contributed by atoms with Gasteiger partial charge in [-0.2, -0.15) is 0 Å². The van der Waals surface area contributed by atoms with Crippen LogP contribution in [0.4, 0.5) is 4.79 Å². The minimum absolute atomic E-state index is 0.0197. The Kier molecular flexibility index (Phi) is 2.93. The van der Waals surface area contributed by atoms with Gasteiger partial charge in [0.15, 0.2) is 0 Å². The molecule has 0 aromatic heterocycles. The highest BCUT2D eigenvalue weighted by Gasteiger charge is 2.39. The summed E-state index contributed by atoms with van der Waals surface area (Å²) in [5.41, 5.74) is 0. The van der Waals surface area contributed by atoms with E-state index in [2.05, 4.69) is 0 Å². The van der Waals surface area contributed by atoms with E-state index in [1.165, 1.54) is 17.7 Å². The van der Waals surface area contributed by atoms with Gasteiger partial charge in [-0.3, -0.25) is 9.69 Å². The zero-order valence-electron chi connectivity index (χ0n) is 9.24. The van der Waals surface area contributed by atoms with Crippen LogP contribution in [0.3, 0.4) is 0 Å². The van der Waals surface area contributed by atoms with Crippen molar-refractivity contribution in [1.82, 2.24) is 9.80 Å². The normalized spacial score (nSPS) is 23.3. The molecule has 3 amide bonds. The molecule has 2 fully saturated rings. The van der Waals surface area contributed by atoms with Crippen LogP contribution in [0.1, 0.15) is 39.0 Å². The summed E-state index contributed by atoms with van der Waals surface area (Å²) in [7, 11) is 0. The van der Waals surface area contributed by atoms with Gasteiger partial charge in [-0.25, -0.2) is 4.79 Å². The van der Waals surface area contributed by atoms with Crippen LogP contribution in [0, 0.1) is 0 Å². The Labute approximate surface area is 90.2 Å². The highest BCUT2D eigenvalue weighted by molar-refractivity contribution is 6.02. The zero-order valence-corrected chi connectivity index (χ0v) is 9.24. The molecule has 0 aromatic rings. The van der Waals surface area contributed by atoms with E-state index in [0.717, 1.165) is 19.3 Å². The van der Waals surface area contributed by atoms with Gasteiger partial charge in [-0.1, -0.05) is 19.8 Å². The van der Waals surface area contributed by atoms with Crippen LogP contribution in [0.5, 0.6) is 0 Å². The average Bonchev–Trinajstić information content (AvgIpc) is 2.81. The number of rotatable bonds is 3. The van der Waals surface area contributed by atoms with Crippen LogP contribution >= 0.6 is 0 Å². The maximum atomic E-state index is 11.9. The second kappa shape index (κ2) is 4.21. The summed E-state index contributed by atoms with van der Waals surface area (Å²) >= 11 is 0. The fourth-order valence-electron chi connectivity index (χ4n) is 2.51. The van der Waals surface area contributed by atoms with E-state index in [-0.39, 0.29) is 11.9 Å². The van der Waals surface area contributed by atoms with Crippen LogP contribution in [0.2, 0.25) is 0 Å². The van der Waals surface area contributed by atoms with Crippen molar-refractivity contribution in [2.75, 3.05) is 13.1 Å². The zero-order chi connectivity index (χ0) is 10.8. The monoisotopic (exact) mass is 210 g/mol. The summed E-state index contributed by atoms with van der Waals surface area (Å²) in [6, 6.07) is 0.261. The Hall–Kier alpha value is -1.06. The van der Waals surface area contributed by atoms with Gasteiger partial charge < -0.3 is 4.90 Å². The number of hydrogen-bond acceptors (Lipinski definition) is 2. The van der Waals surface area contributed by atoms with E-state index in [0.29, 0.717) is 19.1 Å². The lowest BCUT2D eigenvalue weighted by atomic mass is 10.2. The number of amides is 3. The van der Waals surface area contributed by atoms with Gasteiger partial charge in [0.1, 0.15) is 6.54 Å². The highest BCUT2D eigenvalue weighted by atomic mass is 16.2. The first-order chi connectivity index (χ1) is 7.24. The van der Waals surface area contributed by atoms with Crippen molar-refractivity contribution in [3.63, 3.8) is 0 Å². The first-order valence-corrected chi connectivity index (χ1v) is 5.85. The van der Waals surface area contributed by atoms with Crippen molar-refractivity contribution in [3.8, 4) is 0 Å². The summed E-state index contributed by atoms with van der Waals surface area (Å²) in [5.74, 6) is -0.0197. The van der Waals surface area contributed by atoms with E-state index in [4.69, 9.17) is 0 Å². The van der Waals surface area contributed by atoms with Crippen molar-refractivity contribution < 1.29 is 9.59 Å². The lowest BCUT2D eigenvalue weighted by Crippen LogP contribution is -2.38. The molecule has 1 heterocycles. The molecule has 84 valence electrons. The third kappa shape index (κ3) is 1.85. The first kappa shape index (κ1) is 10.5. The molecular weight excluding hydrogens is 192 g/mol. The summed E-state index contributed by atoms with van der Waals surface area (Å²) < 4.78 is 0. The Morgan fingerprint density at radius 2 is 1.93 bits per heavy atom. The topological polar surface area (TPSA) is 40.6 Å². The van der Waals surface area contributed by atoms with Gasteiger partial charge in [0, 0.05) is 12.6 Å². The van der Waals surface area contributed by atoms with Gasteiger partial charge >= 0.3 is 6.03 Å². The predicted octanol–water partition coefficient (Wildman–Crippen LogP) is 1.60. The summed E-state index contributed by atoms with van der Waals surface area (Å²) in [4.78, 5) is 26.7. The SMILES string of the molecule is CCCN1C(=O)CN(C2CCCC2)C1=O. The quantitative estimate of drug-likeness (QED) is 0.664. The standard InChI is InChI=1S/C11H18N2O2/c1-2-7-12-10(14)8-13(11(12)15)9-5-3-4-6-9/h9H,2-8H2,1H3. The van der Waals surface area contributed by atoms with E-state index in [1.54, 1.807) is 4.90 Å². The van der Waals surface area contributed by atoms with Gasteiger partial charge in [-0.15, -0.1) is 0 Å². The van der Waals surface area contributed by atoms with Crippen molar-refractivity contribution in [2.45, 2.75) is 45.1 Å². The third-order valence-corrected chi connectivity index (χ3v) is 3.30. The fourth-order valence-corrected chi connectivity index (χ4v) is 2.51. The highest BCUT2D eigenvalue weighted by Crippen LogP contribution is 2.26. The van der Waals surface area contributed by atoms with Gasteiger partial charge in [-0.05, 0) is 19.3 Å². The molecule has 0 spiro atoms. The van der Waals surface area contributed by atoms with Crippen LogP contribution in [0.25, 0.3) is 0 Å². The van der Waals surface area contributed by atoms with Crippen molar-refractivity contribution >= 4 is 11.9 Å². The molecule has 4 heteroatoms. The molecular formula is C11H18N2O2. The Balaban J connectivity index is 2.03. The van der Waals surface area contributed by atoms with Gasteiger partial charge in [0.2, 0.25) is 5.91 Å². The third-order valence-electron chi connectivity index (χ3n) is 3.30. The summed E-state index contributed by atoms with van der Waals surface area (Å²) in [6.07, 6.45) is 5.36. The Morgan fingerprint density at radius 3 is 2.53 bits per heavy atom. The molecule has 2 rings (SSSR count). The molecule has 0 N–H and O–H groups in total. The molecule has 2 aliphatic rings. The first-order valence-electron chi connectivity index (χ1n) is 5.85. The second-order valence-corrected chi connectivity index (χ2v) is 4.39. The molecule has 1 saturated carbocycles. The minimum Gasteiger partial charge on any atom is -0.312 e. The number of urea groups is 1. The van der Waals surface area contributed by atoms with Crippen LogP contribution < -0.4 is 0 Å². The smallest absolute Gasteiger partial charge is 0.312 e. The number of carbonyl (C=O) groups is 2. The second-order valence-electron chi connectivity index (χ2n) is 4.39. The molecule has 0 unspecified atom stereocenters. The molecule has 0 radical (unpaired) electrons. The summed E-state index contributed by atoms with van der Waals surface area (Å²) in [5, 5.41) is 0. The molecule has 4 nitrogen and oxygen atoms in total.